The minimum absolute atomic E-state index is 0. The van der Waals surface area contributed by atoms with Crippen molar-refractivity contribution in [1.82, 2.24) is 5.32 Å². The molecule has 25 heavy (non-hydrogen) atoms. The Morgan fingerprint density at radius 1 is 1.28 bits per heavy atom. The van der Waals surface area contributed by atoms with Crippen molar-refractivity contribution in [1.29, 1.82) is 0 Å². The number of rotatable bonds is 4. The van der Waals surface area contributed by atoms with Crippen LogP contribution in [-0.4, -0.2) is 30.6 Å². The average molecular weight is 380 g/mol. The molecule has 0 spiro atoms. The first kappa shape index (κ1) is 21.2. The first-order valence-electron chi connectivity index (χ1n) is 7.68. The monoisotopic (exact) mass is 379 g/mol. The van der Waals surface area contributed by atoms with Crippen LogP contribution in [0.4, 0.5) is 18.9 Å². The number of nitrogens with one attached hydrogen (secondary N) is 2. The number of hydrogen-bond acceptors (Lipinski definition) is 3. The van der Waals surface area contributed by atoms with E-state index < -0.39 is 18.6 Å². The van der Waals surface area contributed by atoms with Crippen molar-refractivity contribution < 1.29 is 22.8 Å². The Morgan fingerprint density at radius 3 is 2.52 bits per heavy atom. The van der Waals surface area contributed by atoms with Crippen LogP contribution in [0.5, 0.6) is 0 Å². The van der Waals surface area contributed by atoms with Crippen molar-refractivity contribution in [2.45, 2.75) is 38.4 Å². The predicted molar refractivity (Wildman–Crippen MR) is 90.8 cm³/mol. The lowest BCUT2D eigenvalue weighted by molar-refractivity contribution is -0.123. The predicted octanol–water partition coefficient (Wildman–Crippen LogP) is 2.77. The van der Waals surface area contributed by atoms with Gasteiger partial charge in [0.2, 0.25) is 5.91 Å². The van der Waals surface area contributed by atoms with Crippen LogP contribution in [0.3, 0.4) is 0 Å². The summed E-state index contributed by atoms with van der Waals surface area (Å²) in [4.78, 5) is 24.0. The molecule has 2 amide bonds. The number of benzene rings is 1. The van der Waals surface area contributed by atoms with Gasteiger partial charge in [0.1, 0.15) is 6.54 Å². The summed E-state index contributed by atoms with van der Waals surface area (Å²) in [7, 11) is 0. The lowest BCUT2D eigenvalue weighted by atomic mass is 10.1. The lowest BCUT2D eigenvalue weighted by Crippen LogP contribution is -2.33. The van der Waals surface area contributed by atoms with Crippen molar-refractivity contribution >= 4 is 29.9 Å². The molecule has 0 radical (unpaired) electrons. The number of hydrogen-bond donors (Lipinski definition) is 3. The van der Waals surface area contributed by atoms with Gasteiger partial charge < -0.3 is 16.4 Å². The maximum absolute atomic E-state index is 12.2. The van der Waals surface area contributed by atoms with Gasteiger partial charge in [-0.3, -0.25) is 9.59 Å². The quantitative estimate of drug-likeness (QED) is 0.752. The van der Waals surface area contributed by atoms with Crippen LogP contribution in [0, 0.1) is 12.8 Å². The molecule has 1 aliphatic carbocycles. The van der Waals surface area contributed by atoms with E-state index in [1.807, 2.05) is 0 Å². The number of nitrogens with two attached hydrogens (primary N) is 1. The summed E-state index contributed by atoms with van der Waals surface area (Å²) >= 11 is 0. The zero-order valence-corrected chi connectivity index (χ0v) is 14.5. The van der Waals surface area contributed by atoms with E-state index in [0.717, 1.165) is 12.0 Å². The molecule has 5 nitrogen and oxygen atoms in total. The number of carbonyl (C=O) groups is 2. The molecule has 140 valence electrons. The number of anilines is 1. The Morgan fingerprint density at radius 2 is 1.96 bits per heavy atom. The van der Waals surface area contributed by atoms with Crippen molar-refractivity contribution in [3.63, 3.8) is 0 Å². The van der Waals surface area contributed by atoms with Crippen LogP contribution in [0.15, 0.2) is 18.2 Å². The van der Waals surface area contributed by atoms with E-state index in [1.54, 1.807) is 18.3 Å². The second-order valence-corrected chi connectivity index (χ2v) is 6.09. The van der Waals surface area contributed by atoms with Crippen molar-refractivity contribution in [3.8, 4) is 0 Å². The molecule has 0 saturated heterocycles. The molecule has 0 aliphatic heterocycles. The van der Waals surface area contributed by atoms with E-state index in [4.69, 9.17) is 5.73 Å². The minimum atomic E-state index is -4.47. The zero-order valence-electron chi connectivity index (χ0n) is 13.7. The van der Waals surface area contributed by atoms with Gasteiger partial charge in [-0.2, -0.15) is 13.2 Å². The molecule has 0 aromatic heterocycles. The molecule has 2 unspecified atom stereocenters. The van der Waals surface area contributed by atoms with Crippen molar-refractivity contribution in [2.24, 2.45) is 11.7 Å². The van der Waals surface area contributed by atoms with E-state index in [0.29, 0.717) is 18.5 Å². The highest BCUT2D eigenvalue weighted by Crippen LogP contribution is 2.26. The van der Waals surface area contributed by atoms with Crippen LogP contribution in [0.2, 0.25) is 0 Å². The third-order valence-corrected chi connectivity index (χ3v) is 4.05. The Kier molecular flexibility index (Phi) is 7.25. The topological polar surface area (TPSA) is 84.2 Å². The van der Waals surface area contributed by atoms with Gasteiger partial charge in [0.05, 0.1) is 0 Å². The number of aryl methyl sites for hydroxylation is 1. The molecule has 2 atom stereocenters. The Hall–Kier alpha value is -1.80. The summed E-state index contributed by atoms with van der Waals surface area (Å²) in [6, 6.07) is 4.40. The highest BCUT2D eigenvalue weighted by molar-refractivity contribution is 5.98. The van der Waals surface area contributed by atoms with Crippen molar-refractivity contribution in [3.05, 3.63) is 29.3 Å². The Labute approximate surface area is 149 Å². The molecule has 1 saturated carbocycles. The molecule has 1 fully saturated rings. The van der Waals surface area contributed by atoms with Gasteiger partial charge in [-0.1, -0.05) is 6.07 Å². The van der Waals surface area contributed by atoms with Crippen LogP contribution >= 0.6 is 12.4 Å². The number of amides is 2. The fourth-order valence-corrected chi connectivity index (χ4v) is 2.67. The normalized spacial score (nSPS) is 19.9. The standard InChI is InChI=1S/C16H20F3N3O2.ClH/c1-9-2-3-11(14(23)21-8-16(17,18)19)7-13(9)22-15(24)10-4-5-12(20)6-10;/h2-3,7,10,12H,4-6,8,20H2,1H3,(H,21,23)(H,22,24);1H. The zero-order chi connectivity index (χ0) is 17.9. The van der Waals surface area contributed by atoms with Gasteiger partial charge in [0.25, 0.3) is 5.91 Å². The first-order chi connectivity index (χ1) is 11.2. The molecule has 0 bridgehead atoms. The van der Waals surface area contributed by atoms with Crippen LogP contribution in [-0.2, 0) is 4.79 Å². The fourth-order valence-electron chi connectivity index (χ4n) is 2.67. The molecule has 0 heterocycles. The Balaban J connectivity index is 0.00000312. The van der Waals surface area contributed by atoms with E-state index in [9.17, 15) is 22.8 Å². The molecule has 2 rings (SSSR count). The molecular weight excluding hydrogens is 359 g/mol. The molecule has 1 aromatic rings. The minimum Gasteiger partial charge on any atom is -0.343 e. The summed E-state index contributed by atoms with van der Waals surface area (Å²) in [6.45, 7) is 0.342. The van der Waals surface area contributed by atoms with Gasteiger partial charge in [-0.15, -0.1) is 12.4 Å². The summed E-state index contributed by atoms with van der Waals surface area (Å²) in [5.74, 6) is -1.20. The fraction of sp³-hybridized carbons (Fsp3) is 0.500. The second kappa shape index (κ2) is 8.53. The van der Waals surface area contributed by atoms with Gasteiger partial charge >= 0.3 is 6.18 Å². The van der Waals surface area contributed by atoms with Crippen LogP contribution < -0.4 is 16.4 Å². The average Bonchev–Trinajstić information content (AvgIpc) is 2.93. The summed E-state index contributed by atoms with van der Waals surface area (Å²) in [6.07, 6.45) is -2.37. The van der Waals surface area contributed by atoms with E-state index in [-0.39, 0.29) is 35.8 Å². The van der Waals surface area contributed by atoms with E-state index in [2.05, 4.69) is 5.32 Å². The van der Waals surface area contributed by atoms with Gasteiger partial charge in [0.15, 0.2) is 0 Å². The first-order valence-corrected chi connectivity index (χ1v) is 7.68. The summed E-state index contributed by atoms with van der Waals surface area (Å²) in [5, 5.41) is 4.55. The molecular formula is C16H21ClF3N3O2. The second-order valence-electron chi connectivity index (χ2n) is 6.09. The number of alkyl halides is 3. The van der Waals surface area contributed by atoms with Crippen LogP contribution in [0.1, 0.15) is 35.2 Å². The highest BCUT2D eigenvalue weighted by Gasteiger charge is 2.29. The van der Waals surface area contributed by atoms with Crippen LogP contribution in [0.25, 0.3) is 0 Å². The smallest absolute Gasteiger partial charge is 0.343 e. The molecule has 9 heteroatoms. The van der Waals surface area contributed by atoms with E-state index in [1.165, 1.54) is 12.1 Å². The molecule has 1 aromatic carbocycles. The number of halogens is 4. The molecule has 4 N–H and O–H groups in total. The largest absolute Gasteiger partial charge is 0.405 e. The van der Waals surface area contributed by atoms with Gasteiger partial charge in [-0.05, 0) is 43.9 Å². The van der Waals surface area contributed by atoms with E-state index >= 15 is 0 Å². The SMILES string of the molecule is Cc1ccc(C(=O)NCC(F)(F)F)cc1NC(=O)C1CCC(N)C1.Cl. The van der Waals surface area contributed by atoms with Gasteiger partial charge in [0, 0.05) is 23.2 Å². The third kappa shape index (κ3) is 6.21. The van der Waals surface area contributed by atoms with Gasteiger partial charge in [-0.25, -0.2) is 0 Å². The highest BCUT2D eigenvalue weighted by atomic mass is 35.5. The third-order valence-electron chi connectivity index (χ3n) is 4.05. The summed E-state index contributed by atoms with van der Waals surface area (Å²) in [5.41, 5.74) is 6.99. The van der Waals surface area contributed by atoms with Crippen molar-refractivity contribution in [2.75, 3.05) is 11.9 Å². The maximum Gasteiger partial charge on any atom is 0.405 e. The Bertz CT molecular complexity index is 638. The maximum atomic E-state index is 12.2. The summed E-state index contributed by atoms with van der Waals surface area (Å²) < 4.78 is 36.5. The molecule has 1 aliphatic rings. The number of carbonyl (C=O) groups excluding carboxylic acids is 2. The lowest BCUT2D eigenvalue weighted by Gasteiger charge is -2.14.